The van der Waals surface area contributed by atoms with Gasteiger partial charge in [0.25, 0.3) is 0 Å². The lowest BCUT2D eigenvalue weighted by Gasteiger charge is -2.36. The fraction of sp³-hybridized carbons (Fsp3) is 0.474. The predicted molar refractivity (Wildman–Crippen MR) is 104 cm³/mol. The fourth-order valence-electron chi connectivity index (χ4n) is 3.34. The summed E-state index contributed by atoms with van der Waals surface area (Å²) in [5.41, 5.74) is 0.986. The van der Waals surface area contributed by atoms with Crippen LogP contribution in [0.15, 0.2) is 24.3 Å². The molecule has 0 atom stereocenters. The molecule has 0 radical (unpaired) electrons. The minimum absolute atomic E-state index is 0.0379. The summed E-state index contributed by atoms with van der Waals surface area (Å²) in [5.74, 6) is -2.10. The lowest BCUT2D eigenvalue weighted by molar-refractivity contribution is -0.145. The van der Waals surface area contributed by atoms with Crippen LogP contribution in [-0.4, -0.2) is 77.7 Å². The number of imide groups is 2. The maximum atomic E-state index is 12.6. The highest BCUT2D eigenvalue weighted by Crippen LogP contribution is 2.21. The largest absolute Gasteiger partial charge is 0.368 e. The third-order valence-corrected chi connectivity index (χ3v) is 5.02. The Bertz CT molecular complexity index is 805. The van der Waals surface area contributed by atoms with E-state index in [9.17, 15) is 19.2 Å². The number of rotatable bonds is 5. The van der Waals surface area contributed by atoms with Crippen molar-refractivity contribution in [3.05, 3.63) is 29.3 Å². The molecule has 5 amide bonds. The second-order valence-electron chi connectivity index (χ2n) is 7.33. The lowest BCUT2D eigenvalue weighted by Crippen LogP contribution is -2.52. The molecular formula is C19H23ClN4O4. The number of carbonyl (C=O) groups excluding carboxylic acids is 4. The predicted octanol–water partition coefficient (Wildman–Crippen LogP) is 1.44. The number of piperazine rings is 1. The highest BCUT2D eigenvalue weighted by Gasteiger charge is 2.45. The lowest BCUT2D eigenvalue weighted by atomic mass is 10.2. The van der Waals surface area contributed by atoms with Crippen LogP contribution in [-0.2, 0) is 14.4 Å². The molecule has 8 nitrogen and oxygen atoms in total. The zero-order valence-electron chi connectivity index (χ0n) is 15.9. The standard InChI is InChI=1S/C19H23ClN4O4/c1-13(2)11-23-17(26)18(27)24(19(23)28)12-16(25)22-8-6-21(7-9-22)15-5-3-4-14(20)10-15/h3-5,10,13H,6-9,11-12H2,1-2H3. The Morgan fingerprint density at radius 1 is 1.04 bits per heavy atom. The number of nitrogens with zero attached hydrogens (tertiary/aromatic N) is 4. The van der Waals surface area contributed by atoms with Gasteiger partial charge in [0.15, 0.2) is 0 Å². The van der Waals surface area contributed by atoms with E-state index in [4.69, 9.17) is 11.6 Å². The third kappa shape index (κ3) is 4.11. The number of anilines is 1. The molecule has 9 heteroatoms. The smallest absolute Gasteiger partial charge is 0.334 e. The number of benzene rings is 1. The summed E-state index contributed by atoms with van der Waals surface area (Å²) in [4.78, 5) is 54.5. The average molecular weight is 407 g/mol. The van der Waals surface area contributed by atoms with E-state index < -0.39 is 24.4 Å². The Kier molecular flexibility index (Phi) is 5.88. The van der Waals surface area contributed by atoms with Crippen LogP contribution in [0.25, 0.3) is 0 Å². The van der Waals surface area contributed by atoms with E-state index >= 15 is 0 Å². The first kappa shape index (κ1) is 20.1. The molecule has 0 unspecified atom stereocenters. The molecule has 2 saturated heterocycles. The van der Waals surface area contributed by atoms with Crippen LogP contribution < -0.4 is 4.90 Å². The minimum Gasteiger partial charge on any atom is -0.368 e. The molecule has 0 spiro atoms. The van der Waals surface area contributed by atoms with E-state index in [1.165, 1.54) is 0 Å². The third-order valence-electron chi connectivity index (χ3n) is 4.78. The number of carbonyl (C=O) groups is 4. The molecule has 2 aliphatic heterocycles. The fourth-order valence-corrected chi connectivity index (χ4v) is 3.52. The Hall–Kier alpha value is -2.61. The number of hydrogen-bond acceptors (Lipinski definition) is 5. The molecule has 0 N–H and O–H groups in total. The van der Waals surface area contributed by atoms with Gasteiger partial charge in [-0.3, -0.25) is 19.3 Å². The van der Waals surface area contributed by atoms with E-state index in [-0.39, 0.29) is 18.4 Å². The number of urea groups is 1. The van der Waals surface area contributed by atoms with Crippen LogP contribution in [0.5, 0.6) is 0 Å². The SMILES string of the molecule is CC(C)CN1C(=O)C(=O)N(CC(=O)N2CCN(c3cccc(Cl)c3)CC2)C1=O. The molecule has 2 fully saturated rings. The van der Waals surface area contributed by atoms with Gasteiger partial charge < -0.3 is 9.80 Å². The van der Waals surface area contributed by atoms with Crippen molar-refractivity contribution < 1.29 is 19.2 Å². The molecule has 0 aliphatic carbocycles. The maximum Gasteiger partial charge on any atom is 0.334 e. The van der Waals surface area contributed by atoms with Gasteiger partial charge in [0.2, 0.25) is 5.91 Å². The number of halogens is 1. The van der Waals surface area contributed by atoms with Gasteiger partial charge >= 0.3 is 17.8 Å². The molecule has 3 rings (SSSR count). The van der Waals surface area contributed by atoms with Crippen molar-refractivity contribution in [2.24, 2.45) is 5.92 Å². The van der Waals surface area contributed by atoms with Gasteiger partial charge in [0.05, 0.1) is 0 Å². The van der Waals surface area contributed by atoms with E-state index in [2.05, 4.69) is 4.90 Å². The first-order valence-corrected chi connectivity index (χ1v) is 9.61. The van der Waals surface area contributed by atoms with Crippen molar-refractivity contribution in [3.63, 3.8) is 0 Å². The van der Waals surface area contributed by atoms with E-state index in [1.807, 2.05) is 32.0 Å². The van der Waals surface area contributed by atoms with Crippen molar-refractivity contribution in [2.45, 2.75) is 13.8 Å². The van der Waals surface area contributed by atoms with Crippen LogP contribution in [0.1, 0.15) is 13.8 Å². The van der Waals surface area contributed by atoms with Crippen LogP contribution in [0.4, 0.5) is 10.5 Å². The van der Waals surface area contributed by atoms with Crippen LogP contribution in [0.3, 0.4) is 0 Å². The number of hydrogen-bond donors (Lipinski definition) is 0. The second-order valence-corrected chi connectivity index (χ2v) is 7.77. The molecule has 0 aromatic heterocycles. The maximum absolute atomic E-state index is 12.6. The quantitative estimate of drug-likeness (QED) is 0.546. The molecule has 0 bridgehead atoms. The van der Waals surface area contributed by atoms with Gasteiger partial charge in [-0.2, -0.15) is 0 Å². The minimum atomic E-state index is -0.934. The highest BCUT2D eigenvalue weighted by atomic mass is 35.5. The molecular weight excluding hydrogens is 384 g/mol. The Morgan fingerprint density at radius 3 is 2.29 bits per heavy atom. The average Bonchev–Trinajstić information content (AvgIpc) is 2.86. The zero-order chi connectivity index (χ0) is 20.4. The Balaban J connectivity index is 1.58. The van der Waals surface area contributed by atoms with Gasteiger partial charge in [0.1, 0.15) is 6.54 Å². The molecule has 1 aromatic rings. The second kappa shape index (κ2) is 8.18. The normalized spacial score (nSPS) is 17.9. The van der Waals surface area contributed by atoms with Crippen molar-refractivity contribution >= 4 is 41.0 Å². The molecule has 150 valence electrons. The molecule has 0 saturated carbocycles. The summed E-state index contributed by atoms with van der Waals surface area (Å²) >= 11 is 6.03. The van der Waals surface area contributed by atoms with Gasteiger partial charge in [-0.1, -0.05) is 31.5 Å². The first-order valence-electron chi connectivity index (χ1n) is 9.23. The van der Waals surface area contributed by atoms with E-state index in [0.717, 1.165) is 15.5 Å². The molecule has 1 aromatic carbocycles. The topological polar surface area (TPSA) is 81.2 Å². The van der Waals surface area contributed by atoms with Gasteiger partial charge in [0, 0.05) is 43.4 Å². The van der Waals surface area contributed by atoms with Crippen LogP contribution >= 0.6 is 11.6 Å². The Labute approximate surface area is 168 Å². The summed E-state index contributed by atoms with van der Waals surface area (Å²) < 4.78 is 0. The Morgan fingerprint density at radius 2 is 1.68 bits per heavy atom. The molecule has 2 heterocycles. The summed E-state index contributed by atoms with van der Waals surface area (Å²) in [5, 5.41) is 0.651. The zero-order valence-corrected chi connectivity index (χ0v) is 16.7. The van der Waals surface area contributed by atoms with Gasteiger partial charge in [-0.15, -0.1) is 0 Å². The van der Waals surface area contributed by atoms with Gasteiger partial charge in [-0.05, 0) is 24.1 Å². The van der Waals surface area contributed by atoms with Crippen molar-refractivity contribution in [1.29, 1.82) is 0 Å². The van der Waals surface area contributed by atoms with Crippen LogP contribution in [0, 0.1) is 5.92 Å². The summed E-state index contributed by atoms with van der Waals surface area (Å²) in [6, 6.07) is 6.79. The highest BCUT2D eigenvalue weighted by molar-refractivity contribution is 6.45. The van der Waals surface area contributed by atoms with Crippen molar-refractivity contribution in [1.82, 2.24) is 14.7 Å². The summed E-state index contributed by atoms with van der Waals surface area (Å²) in [7, 11) is 0. The van der Waals surface area contributed by atoms with E-state index in [0.29, 0.717) is 31.2 Å². The molecule has 2 aliphatic rings. The number of amides is 5. The van der Waals surface area contributed by atoms with Gasteiger partial charge in [-0.25, -0.2) is 9.69 Å². The summed E-state index contributed by atoms with van der Waals surface area (Å²) in [6.07, 6.45) is 0. The summed E-state index contributed by atoms with van der Waals surface area (Å²) in [6.45, 7) is 5.60. The first-order chi connectivity index (χ1) is 13.3. The molecule has 28 heavy (non-hydrogen) atoms. The van der Waals surface area contributed by atoms with E-state index in [1.54, 1.807) is 11.0 Å². The van der Waals surface area contributed by atoms with Crippen molar-refractivity contribution in [2.75, 3.05) is 44.2 Å². The van der Waals surface area contributed by atoms with Crippen molar-refractivity contribution in [3.8, 4) is 0 Å². The monoisotopic (exact) mass is 406 g/mol. The van der Waals surface area contributed by atoms with Crippen LogP contribution in [0.2, 0.25) is 5.02 Å².